The molecular weight excluding hydrogens is 160 g/mol. The van der Waals surface area contributed by atoms with Crippen LogP contribution in [-0.4, -0.2) is 9.55 Å². The van der Waals surface area contributed by atoms with Gasteiger partial charge in [-0.2, -0.15) is 0 Å². The fraction of sp³-hybridized carbons (Fsp3) is 0.625. The van der Waals surface area contributed by atoms with Crippen LogP contribution in [0.4, 0.5) is 0 Å². The van der Waals surface area contributed by atoms with E-state index in [0.29, 0.717) is 11.3 Å². The summed E-state index contributed by atoms with van der Waals surface area (Å²) in [7, 11) is 0. The molecule has 0 bridgehead atoms. The van der Waals surface area contributed by atoms with E-state index in [1.165, 1.54) is 5.69 Å². The first-order valence-electron chi connectivity index (χ1n) is 3.88. The first kappa shape index (κ1) is 8.60. The summed E-state index contributed by atoms with van der Waals surface area (Å²) in [5.74, 6) is 0. The van der Waals surface area contributed by atoms with Crippen LogP contribution in [0.3, 0.4) is 0 Å². The van der Waals surface area contributed by atoms with Crippen molar-refractivity contribution in [3.8, 4) is 0 Å². The van der Waals surface area contributed by atoms with Crippen molar-refractivity contribution in [2.75, 3.05) is 0 Å². The van der Waals surface area contributed by atoms with Gasteiger partial charge in [-0.1, -0.05) is 6.92 Å². The molecule has 0 aliphatic heterocycles. The SMILES string of the molecule is CCc1cnc(Cl)n1C(C)C. The van der Waals surface area contributed by atoms with Gasteiger partial charge in [0.2, 0.25) is 5.28 Å². The third-order valence-corrected chi connectivity index (χ3v) is 1.99. The molecule has 1 aromatic heterocycles. The number of nitrogens with zero attached hydrogens (tertiary/aromatic N) is 2. The lowest BCUT2D eigenvalue weighted by molar-refractivity contribution is 0.577. The minimum absolute atomic E-state index is 0.403. The number of halogens is 1. The van der Waals surface area contributed by atoms with Gasteiger partial charge in [-0.25, -0.2) is 4.98 Å². The Morgan fingerprint density at radius 2 is 2.27 bits per heavy atom. The molecule has 0 radical (unpaired) electrons. The number of aromatic nitrogens is 2. The predicted molar refractivity (Wildman–Crippen MR) is 47.0 cm³/mol. The van der Waals surface area contributed by atoms with Crippen LogP contribution in [0.1, 0.15) is 32.5 Å². The maximum absolute atomic E-state index is 5.87. The Kier molecular flexibility index (Phi) is 2.55. The van der Waals surface area contributed by atoms with Crippen molar-refractivity contribution in [2.45, 2.75) is 33.2 Å². The summed E-state index contributed by atoms with van der Waals surface area (Å²) in [6, 6.07) is 0.403. The van der Waals surface area contributed by atoms with Crippen LogP contribution in [0, 0.1) is 0 Å². The second-order valence-electron chi connectivity index (χ2n) is 2.84. The molecule has 11 heavy (non-hydrogen) atoms. The molecule has 1 aromatic rings. The lowest BCUT2D eigenvalue weighted by Gasteiger charge is -2.11. The van der Waals surface area contributed by atoms with Gasteiger partial charge >= 0.3 is 0 Å². The molecule has 0 aliphatic rings. The number of rotatable bonds is 2. The highest BCUT2D eigenvalue weighted by molar-refractivity contribution is 6.28. The topological polar surface area (TPSA) is 17.8 Å². The van der Waals surface area contributed by atoms with Crippen LogP contribution in [-0.2, 0) is 6.42 Å². The van der Waals surface area contributed by atoms with E-state index in [9.17, 15) is 0 Å². The summed E-state index contributed by atoms with van der Waals surface area (Å²) in [4.78, 5) is 4.04. The first-order chi connectivity index (χ1) is 5.16. The van der Waals surface area contributed by atoms with Gasteiger partial charge in [0.15, 0.2) is 0 Å². The van der Waals surface area contributed by atoms with Crippen molar-refractivity contribution in [2.24, 2.45) is 0 Å². The Morgan fingerprint density at radius 1 is 1.64 bits per heavy atom. The fourth-order valence-corrected chi connectivity index (χ4v) is 1.53. The summed E-state index contributed by atoms with van der Waals surface area (Å²) >= 11 is 5.87. The fourth-order valence-electron chi connectivity index (χ4n) is 1.18. The van der Waals surface area contributed by atoms with Gasteiger partial charge < -0.3 is 4.57 Å². The normalized spacial score (nSPS) is 11.0. The van der Waals surface area contributed by atoms with Crippen molar-refractivity contribution in [1.29, 1.82) is 0 Å². The van der Waals surface area contributed by atoms with Crippen LogP contribution in [0.2, 0.25) is 5.28 Å². The van der Waals surface area contributed by atoms with Gasteiger partial charge in [-0.05, 0) is 31.9 Å². The Hall–Kier alpha value is -0.500. The molecule has 0 fully saturated rings. The van der Waals surface area contributed by atoms with Crippen LogP contribution < -0.4 is 0 Å². The Labute approximate surface area is 72.2 Å². The number of hydrogen-bond acceptors (Lipinski definition) is 1. The molecule has 0 aromatic carbocycles. The third-order valence-electron chi connectivity index (χ3n) is 1.71. The molecule has 3 heteroatoms. The maximum atomic E-state index is 5.87. The highest BCUT2D eigenvalue weighted by Gasteiger charge is 2.08. The summed E-state index contributed by atoms with van der Waals surface area (Å²) in [6.07, 6.45) is 2.82. The Balaban J connectivity index is 3.07. The molecule has 0 saturated heterocycles. The molecule has 1 heterocycles. The van der Waals surface area contributed by atoms with E-state index in [1.807, 2.05) is 10.8 Å². The maximum Gasteiger partial charge on any atom is 0.203 e. The number of aryl methyl sites for hydroxylation is 1. The molecular formula is C8H13ClN2. The first-order valence-corrected chi connectivity index (χ1v) is 4.26. The van der Waals surface area contributed by atoms with E-state index in [4.69, 9.17) is 11.6 Å². The van der Waals surface area contributed by atoms with Crippen LogP contribution in [0.15, 0.2) is 6.20 Å². The van der Waals surface area contributed by atoms with E-state index >= 15 is 0 Å². The highest BCUT2D eigenvalue weighted by Crippen LogP contribution is 2.17. The van der Waals surface area contributed by atoms with Gasteiger partial charge in [0, 0.05) is 17.9 Å². The zero-order valence-corrected chi connectivity index (χ0v) is 7.89. The molecule has 0 saturated carbocycles. The number of imidazole rings is 1. The highest BCUT2D eigenvalue weighted by atomic mass is 35.5. The molecule has 0 unspecified atom stereocenters. The zero-order chi connectivity index (χ0) is 8.43. The van der Waals surface area contributed by atoms with Gasteiger partial charge in [0.25, 0.3) is 0 Å². The largest absolute Gasteiger partial charge is 0.316 e. The number of hydrogen-bond donors (Lipinski definition) is 0. The molecule has 62 valence electrons. The lowest BCUT2D eigenvalue weighted by Crippen LogP contribution is -2.04. The van der Waals surface area contributed by atoms with Gasteiger partial charge in [0.05, 0.1) is 0 Å². The van der Waals surface area contributed by atoms with E-state index in [-0.39, 0.29) is 0 Å². The summed E-state index contributed by atoms with van der Waals surface area (Å²) in [6.45, 7) is 6.31. The van der Waals surface area contributed by atoms with Gasteiger partial charge in [0.1, 0.15) is 0 Å². The summed E-state index contributed by atoms with van der Waals surface area (Å²) in [5, 5.41) is 0.594. The Bertz CT molecular complexity index is 240. The third kappa shape index (κ3) is 1.56. The zero-order valence-electron chi connectivity index (χ0n) is 7.13. The Morgan fingerprint density at radius 3 is 2.64 bits per heavy atom. The molecule has 0 atom stereocenters. The van der Waals surface area contributed by atoms with E-state index in [1.54, 1.807) is 0 Å². The molecule has 0 amide bonds. The second kappa shape index (κ2) is 3.26. The lowest BCUT2D eigenvalue weighted by atomic mass is 10.3. The predicted octanol–water partition coefficient (Wildman–Crippen LogP) is 2.68. The molecule has 0 N–H and O–H groups in total. The standard InChI is InChI=1S/C8H13ClN2/c1-4-7-5-10-8(9)11(7)6(2)3/h5-6H,4H2,1-3H3. The van der Waals surface area contributed by atoms with Gasteiger partial charge in [-0.15, -0.1) is 0 Å². The van der Waals surface area contributed by atoms with Crippen molar-refractivity contribution < 1.29 is 0 Å². The van der Waals surface area contributed by atoms with Crippen molar-refractivity contribution in [3.05, 3.63) is 17.2 Å². The van der Waals surface area contributed by atoms with Crippen molar-refractivity contribution in [3.63, 3.8) is 0 Å². The van der Waals surface area contributed by atoms with Crippen LogP contribution in [0.5, 0.6) is 0 Å². The second-order valence-corrected chi connectivity index (χ2v) is 3.17. The average Bonchev–Trinajstić information content (AvgIpc) is 2.30. The van der Waals surface area contributed by atoms with E-state index in [0.717, 1.165) is 6.42 Å². The van der Waals surface area contributed by atoms with Crippen LogP contribution >= 0.6 is 11.6 Å². The van der Waals surface area contributed by atoms with Gasteiger partial charge in [-0.3, -0.25) is 0 Å². The van der Waals surface area contributed by atoms with E-state index in [2.05, 4.69) is 25.8 Å². The molecule has 0 spiro atoms. The minimum Gasteiger partial charge on any atom is -0.316 e. The average molecular weight is 173 g/mol. The minimum atomic E-state index is 0.403. The van der Waals surface area contributed by atoms with Crippen molar-refractivity contribution >= 4 is 11.6 Å². The van der Waals surface area contributed by atoms with Crippen LogP contribution in [0.25, 0.3) is 0 Å². The molecule has 1 rings (SSSR count). The quantitative estimate of drug-likeness (QED) is 0.671. The summed E-state index contributed by atoms with van der Waals surface area (Å²) in [5.41, 5.74) is 1.20. The molecule has 0 aliphatic carbocycles. The van der Waals surface area contributed by atoms with Crippen molar-refractivity contribution in [1.82, 2.24) is 9.55 Å². The monoisotopic (exact) mass is 172 g/mol. The smallest absolute Gasteiger partial charge is 0.203 e. The molecule has 2 nitrogen and oxygen atoms in total. The summed E-state index contributed by atoms with van der Waals surface area (Å²) < 4.78 is 2.04. The van der Waals surface area contributed by atoms with E-state index < -0.39 is 0 Å².